The van der Waals surface area contributed by atoms with Crippen molar-refractivity contribution in [2.75, 3.05) is 6.54 Å². The van der Waals surface area contributed by atoms with Crippen LogP contribution in [0.25, 0.3) is 0 Å². The zero-order valence-electron chi connectivity index (χ0n) is 11.8. The molecule has 0 aliphatic heterocycles. The highest BCUT2D eigenvalue weighted by atomic mass is 16.3. The second-order valence-electron chi connectivity index (χ2n) is 7.42. The minimum absolute atomic E-state index is 0.398. The Balaban J connectivity index is 1.82. The van der Waals surface area contributed by atoms with Crippen LogP contribution in [0.2, 0.25) is 0 Å². The van der Waals surface area contributed by atoms with Crippen LogP contribution in [0.4, 0.5) is 0 Å². The van der Waals surface area contributed by atoms with Crippen molar-refractivity contribution in [1.82, 2.24) is 5.32 Å². The number of nitrogens with one attached hydrogen (secondary N) is 1. The third-order valence-electron chi connectivity index (χ3n) is 4.64. The van der Waals surface area contributed by atoms with Crippen molar-refractivity contribution in [2.45, 2.75) is 77.4 Å². The highest BCUT2D eigenvalue weighted by Gasteiger charge is 2.35. The molecule has 0 aromatic rings. The molecule has 2 N–H and O–H groups in total. The smallest absolute Gasteiger partial charge is 0.0771 e. The van der Waals surface area contributed by atoms with E-state index in [2.05, 4.69) is 26.1 Å². The molecule has 0 saturated heterocycles. The Hall–Kier alpha value is -0.0800. The van der Waals surface area contributed by atoms with Crippen LogP contribution < -0.4 is 5.32 Å². The Labute approximate surface area is 106 Å². The first-order valence-corrected chi connectivity index (χ1v) is 7.34. The fourth-order valence-corrected chi connectivity index (χ4v) is 4.05. The van der Waals surface area contributed by atoms with E-state index in [1.54, 1.807) is 0 Å². The van der Waals surface area contributed by atoms with Crippen molar-refractivity contribution in [1.29, 1.82) is 0 Å². The minimum atomic E-state index is -0.398. The van der Waals surface area contributed by atoms with Crippen molar-refractivity contribution < 1.29 is 5.11 Å². The molecule has 2 atom stereocenters. The maximum Gasteiger partial charge on any atom is 0.0771 e. The normalized spacial score (nSPS) is 36.0. The van der Waals surface area contributed by atoms with Gasteiger partial charge in [0.1, 0.15) is 0 Å². The Morgan fingerprint density at radius 3 is 2.41 bits per heavy atom. The van der Waals surface area contributed by atoms with Gasteiger partial charge in [-0.25, -0.2) is 0 Å². The molecule has 2 rings (SSSR count). The molecule has 0 amide bonds. The number of hydrogen-bond donors (Lipinski definition) is 2. The molecule has 2 fully saturated rings. The molecule has 17 heavy (non-hydrogen) atoms. The maximum atomic E-state index is 10.4. The highest BCUT2D eigenvalue weighted by Crippen LogP contribution is 2.39. The van der Waals surface area contributed by atoms with Crippen molar-refractivity contribution in [3.63, 3.8) is 0 Å². The second kappa shape index (κ2) is 4.89. The molecule has 2 saturated carbocycles. The number of rotatable bonds is 3. The molecule has 100 valence electrons. The van der Waals surface area contributed by atoms with E-state index in [0.29, 0.717) is 11.5 Å². The van der Waals surface area contributed by atoms with Crippen LogP contribution >= 0.6 is 0 Å². The molecule has 0 heterocycles. The zero-order valence-corrected chi connectivity index (χ0v) is 11.8. The number of aliphatic hydroxyl groups is 1. The Kier molecular flexibility index (Phi) is 3.84. The van der Waals surface area contributed by atoms with E-state index < -0.39 is 5.60 Å². The molecule has 0 bridgehead atoms. The topological polar surface area (TPSA) is 32.3 Å². The first kappa shape index (κ1) is 13.4. The van der Waals surface area contributed by atoms with Crippen LogP contribution in [0.5, 0.6) is 0 Å². The van der Waals surface area contributed by atoms with Gasteiger partial charge in [0.2, 0.25) is 0 Å². The molecule has 0 radical (unpaired) electrons. The lowest BCUT2D eigenvalue weighted by molar-refractivity contribution is 0.0377. The van der Waals surface area contributed by atoms with Gasteiger partial charge in [-0.1, -0.05) is 33.6 Å². The van der Waals surface area contributed by atoms with Crippen LogP contribution in [-0.4, -0.2) is 23.3 Å². The molecular formula is C15H29NO. The lowest BCUT2D eigenvalue weighted by atomic mass is 9.70. The Morgan fingerprint density at radius 1 is 1.18 bits per heavy atom. The van der Waals surface area contributed by atoms with Crippen LogP contribution in [0.15, 0.2) is 0 Å². The van der Waals surface area contributed by atoms with E-state index in [1.807, 2.05) is 0 Å². The summed E-state index contributed by atoms with van der Waals surface area (Å²) < 4.78 is 0. The second-order valence-corrected chi connectivity index (χ2v) is 7.42. The molecule has 2 heteroatoms. The zero-order chi connectivity index (χ0) is 12.5. The fourth-order valence-electron chi connectivity index (χ4n) is 4.05. The predicted octanol–water partition coefficient (Wildman–Crippen LogP) is 3.10. The molecule has 2 nitrogen and oxygen atoms in total. The SMILES string of the molecule is CC1CC(NCC2(O)CCCC2)CC(C)(C)C1. The van der Waals surface area contributed by atoms with Gasteiger partial charge in [-0.2, -0.15) is 0 Å². The van der Waals surface area contributed by atoms with E-state index in [0.717, 1.165) is 25.3 Å². The summed E-state index contributed by atoms with van der Waals surface area (Å²) in [6.07, 6.45) is 8.26. The first-order chi connectivity index (χ1) is 7.89. The standard InChI is InChI=1S/C15H29NO/c1-12-8-13(10-14(2,3)9-12)16-11-15(17)6-4-5-7-15/h12-13,16-17H,4-11H2,1-3H3. The summed E-state index contributed by atoms with van der Waals surface area (Å²) in [4.78, 5) is 0. The lowest BCUT2D eigenvalue weighted by Crippen LogP contribution is -2.46. The highest BCUT2D eigenvalue weighted by molar-refractivity contribution is 4.91. The van der Waals surface area contributed by atoms with Gasteiger partial charge in [0, 0.05) is 12.6 Å². The average Bonchev–Trinajstić information content (AvgIpc) is 2.60. The quantitative estimate of drug-likeness (QED) is 0.793. The van der Waals surface area contributed by atoms with Crippen LogP contribution in [0.1, 0.15) is 65.7 Å². The van der Waals surface area contributed by atoms with Crippen molar-refractivity contribution in [2.24, 2.45) is 11.3 Å². The van der Waals surface area contributed by atoms with Crippen molar-refractivity contribution in [3.05, 3.63) is 0 Å². The first-order valence-electron chi connectivity index (χ1n) is 7.34. The average molecular weight is 239 g/mol. The summed E-state index contributed by atoms with van der Waals surface area (Å²) in [6, 6.07) is 0.610. The van der Waals surface area contributed by atoms with E-state index in [9.17, 15) is 5.11 Å². The van der Waals surface area contributed by atoms with Gasteiger partial charge in [-0.3, -0.25) is 0 Å². The largest absolute Gasteiger partial charge is 0.389 e. The summed E-state index contributed by atoms with van der Waals surface area (Å²) in [6.45, 7) is 7.92. The maximum absolute atomic E-state index is 10.4. The minimum Gasteiger partial charge on any atom is -0.389 e. The van der Waals surface area contributed by atoms with E-state index in [4.69, 9.17) is 0 Å². The van der Waals surface area contributed by atoms with Gasteiger partial charge < -0.3 is 10.4 Å². The molecule has 0 aromatic heterocycles. The van der Waals surface area contributed by atoms with Gasteiger partial charge in [0.15, 0.2) is 0 Å². The molecule has 2 unspecified atom stereocenters. The van der Waals surface area contributed by atoms with Gasteiger partial charge in [-0.15, -0.1) is 0 Å². The van der Waals surface area contributed by atoms with Crippen molar-refractivity contribution >= 4 is 0 Å². The fraction of sp³-hybridized carbons (Fsp3) is 1.00. The van der Waals surface area contributed by atoms with Crippen molar-refractivity contribution in [3.8, 4) is 0 Å². The summed E-state index contributed by atoms with van der Waals surface area (Å²) in [5.74, 6) is 0.814. The molecule has 2 aliphatic rings. The predicted molar refractivity (Wildman–Crippen MR) is 72.0 cm³/mol. The van der Waals surface area contributed by atoms with Gasteiger partial charge in [0.25, 0.3) is 0 Å². The van der Waals surface area contributed by atoms with E-state index >= 15 is 0 Å². The molecule has 2 aliphatic carbocycles. The van der Waals surface area contributed by atoms with Gasteiger partial charge >= 0.3 is 0 Å². The van der Waals surface area contributed by atoms with Crippen LogP contribution in [-0.2, 0) is 0 Å². The molecular weight excluding hydrogens is 210 g/mol. The van der Waals surface area contributed by atoms with Crippen LogP contribution in [0, 0.1) is 11.3 Å². The number of hydrogen-bond acceptors (Lipinski definition) is 2. The van der Waals surface area contributed by atoms with Crippen LogP contribution in [0.3, 0.4) is 0 Å². The third-order valence-corrected chi connectivity index (χ3v) is 4.64. The Morgan fingerprint density at radius 2 is 1.82 bits per heavy atom. The molecule has 0 spiro atoms. The molecule has 0 aromatic carbocycles. The van der Waals surface area contributed by atoms with E-state index in [1.165, 1.54) is 32.1 Å². The monoisotopic (exact) mass is 239 g/mol. The summed E-state index contributed by atoms with van der Waals surface area (Å²) >= 11 is 0. The summed E-state index contributed by atoms with van der Waals surface area (Å²) in [7, 11) is 0. The van der Waals surface area contributed by atoms with Gasteiger partial charge in [0.05, 0.1) is 5.60 Å². The van der Waals surface area contributed by atoms with Gasteiger partial charge in [-0.05, 0) is 43.4 Å². The third kappa shape index (κ3) is 3.69. The summed E-state index contributed by atoms with van der Waals surface area (Å²) in [5, 5.41) is 14.0. The Bertz CT molecular complexity index is 256. The van der Waals surface area contributed by atoms with E-state index in [-0.39, 0.29) is 0 Å². The lowest BCUT2D eigenvalue weighted by Gasteiger charge is -2.40. The summed E-state index contributed by atoms with van der Waals surface area (Å²) in [5.41, 5.74) is 0.0679.